The summed E-state index contributed by atoms with van der Waals surface area (Å²) >= 11 is 5.85. The standard InChI is InChI=1S/C14H16ClN3/c1-9(10-2-7-13(16)14(17)8-10)18-12-5-3-11(15)4-6-12/h2-9,18H,16-17H2,1H3. The summed E-state index contributed by atoms with van der Waals surface area (Å²) < 4.78 is 0. The summed E-state index contributed by atoms with van der Waals surface area (Å²) in [7, 11) is 0. The van der Waals surface area contributed by atoms with E-state index in [2.05, 4.69) is 12.2 Å². The third kappa shape index (κ3) is 2.87. The average Bonchev–Trinajstić information content (AvgIpc) is 2.35. The highest BCUT2D eigenvalue weighted by Crippen LogP contribution is 2.24. The number of nitrogens with one attached hydrogen (secondary N) is 1. The summed E-state index contributed by atoms with van der Waals surface area (Å²) in [6, 6.07) is 13.4. The predicted octanol–water partition coefficient (Wildman–Crippen LogP) is 3.68. The number of anilines is 3. The quantitative estimate of drug-likeness (QED) is 0.739. The summed E-state index contributed by atoms with van der Waals surface area (Å²) in [4.78, 5) is 0. The molecule has 0 fully saturated rings. The van der Waals surface area contributed by atoms with E-state index >= 15 is 0 Å². The first kappa shape index (κ1) is 12.6. The Labute approximate surface area is 112 Å². The van der Waals surface area contributed by atoms with E-state index in [9.17, 15) is 0 Å². The molecule has 0 saturated heterocycles. The Kier molecular flexibility index (Phi) is 3.63. The van der Waals surface area contributed by atoms with Crippen LogP contribution in [-0.4, -0.2) is 0 Å². The van der Waals surface area contributed by atoms with Crippen LogP contribution in [0.25, 0.3) is 0 Å². The monoisotopic (exact) mass is 261 g/mol. The molecule has 0 amide bonds. The van der Waals surface area contributed by atoms with Gasteiger partial charge in [-0.1, -0.05) is 17.7 Å². The van der Waals surface area contributed by atoms with Crippen LogP contribution in [0.5, 0.6) is 0 Å². The van der Waals surface area contributed by atoms with Gasteiger partial charge in [0.2, 0.25) is 0 Å². The highest BCUT2D eigenvalue weighted by Gasteiger charge is 2.06. The molecule has 1 unspecified atom stereocenters. The fourth-order valence-electron chi connectivity index (χ4n) is 1.74. The lowest BCUT2D eigenvalue weighted by Crippen LogP contribution is -2.07. The number of halogens is 1. The van der Waals surface area contributed by atoms with E-state index in [-0.39, 0.29) is 6.04 Å². The maximum absolute atomic E-state index is 5.85. The molecule has 2 aromatic rings. The lowest BCUT2D eigenvalue weighted by Gasteiger charge is -2.16. The van der Waals surface area contributed by atoms with Crippen molar-refractivity contribution in [1.82, 2.24) is 0 Å². The van der Waals surface area contributed by atoms with Gasteiger partial charge in [0.25, 0.3) is 0 Å². The molecule has 18 heavy (non-hydrogen) atoms. The summed E-state index contributed by atoms with van der Waals surface area (Å²) in [6.07, 6.45) is 0. The number of benzene rings is 2. The lowest BCUT2D eigenvalue weighted by atomic mass is 10.1. The van der Waals surface area contributed by atoms with Crippen LogP contribution in [-0.2, 0) is 0 Å². The summed E-state index contributed by atoms with van der Waals surface area (Å²) in [5, 5.41) is 4.10. The van der Waals surface area contributed by atoms with Crippen molar-refractivity contribution in [2.24, 2.45) is 0 Å². The summed E-state index contributed by atoms with van der Waals surface area (Å²) in [5.41, 5.74) is 14.8. The van der Waals surface area contributed by atoms with E-state index in [4.69, 9.17) is 23.1 Å². The number of nitrogens with two attached hydrogens (primary N) is 2. The Balaban J connectivity index is 2.13. The molecule has 3 nitrogen and oxygen atoms in total. The Hall–Kier alpha value is -1.87. The van der Waals surface area contributed by atoms with Gasteiger partial charge < -0.3 is 16.8 Å². The molecule has 0 spiro atoms. The van der Waals surface area contributed by atoms with E-state index < -0.39 is 0 Å². The Morgan fingerprint density at radius 1 is 1.00 bits per heavy atom. The second-order valence-electron chi connectivity index (χ2n) is 4.26. The third-order valence-electron chi connectivity index (χ3n) is 2.84. The van der Waals surface area contributed by atoms with Gasteiger partial charge in [-0.2, -0.15) is 0 Å². The zero-order valence-electron chi connectivity index (χ0n) is 10.2. The van der Waals surface area contributed by atoms with Crippen molar-refractivity contribution in [2.75, 3.05) is 16.8 Å². The van der Waals surface area contributed by atoms with Gasteiger partial charge in [0, 0.05) is 16.8 Å². The lowest BCUT2D eigenvalue weighted by molar-refractivity contribution is 0.886. The van der Waals surface area contributed by atoms with Crippen molar-refractivity contribution in [1.29, 1.82) is 0 Å². The molecule has 2 rings (SSSR count). The topological polar surface area (TPSA) is 64.1 Å². The fraction of sp³-hybridized carbons (Fsp3) is 0.143. The number of nitrogen functional groups attached to an aromatic ring is 2. The van der Waals surface area contributed by atoms with Gasteiger partial charge in [-0.3, -0.25) is 0 Å². The molecule has 94 valence electrons. The Bertz CT molecular complexity index is 537. The predicted molar refractivity (Wildman–Crippen MR) is 78.8 cm³/mol. The molecule has 0 aliphatic carbocycles. The maximum atomic E-state index is 5.85. The molecule has 0 aromatic heterocycles. The van der Waals surface area contributed by atoms with Crippen molar-refractivity contribution in [3.63, 3.8) is 0 Å². The van der Waals surface area contributed by atoms with E-state index in [1.54, 1.807) is 0 Å². The van der Waals surface area contributed by atoms with Crippen molar-refractivity contribution in [3.05, 3.63) is 53.1 Å². The minimum Gasteiger partial charge on any atom is -0.397 e. The van der Waals surface area contributed by atoms with Gasteiger partial charge in [0.1, 0.15) is 0 Å². The Morgan fingerprint density at radius 3 is 2.28 bits per heavy atom. The minimum atomic E-state index is 0.147. The van der Waals surface area contributed by atoms with Crippen LogP contribution in [0.3, 0.4) is 0 Å². The highest BCUT2D eigenvalue weighted by molar-refractivity contribution is 6.30. The van der Waals surface area contributed by atoms with Crippen molar-refractivity contribution in [2.45, 2.75) is 13.0 Å². The van der Waals surface area contributed by atoms with Crippen LogP contribution >= 0.6 is 11.6 Å². The van der Waals surface area contributed by atoms with Gasteiger partial charge in [0.05, 0.1) is 11.4 Å². The molecular formula is C14H16ClN3. The second-order valence-corrected chi connectivity index (χ2v) is 4.70. The molecule has 0 aliphatic heterocycles. The average molecular weight is 262 g/mol. The van der Waals surface area contributed by atoms with Crippen molar-refractivity contribution in [3.8, 4) is 0 Å². The van der Waals surface area contributed by atoms with Gasteiger partial charge in [-0.15, -0.1) is 0 Å². The smallest absolute Gasteiger partial charge is 0.0551 e. The molecule has 0 saturated carbocycles. The zero-order valence-corrected chi connectivity index (χ0v) is 10.9. The molecule has 1 atom stereocenters. The van der Waals surface area contributed by atoms with Crippen LogP contribution in [0.2, 0.25) is 5.02 Å². The maximum Gasteiger partial charge on any atom is 0.0551 e. The van der Waals surface area contributed by atoms with E-state index in [0.717, 1.165) is 16.3 Å². The Morgan fingerprint density at radius 2 is 1.67 bits per heavy atom. The fourth-order valence-corrected chi connectivity index (χ4v) is 1.87. The zero-order chi connectivity index (χ0) is 13.1. The summed E-state index contributed by atoms with van der Waals surface area (Å²) in [6.45, 7) is 2.07. The van der Waals surface area contributed by atoms with Gasteiger partial charge in [-0.05, 0) is 48.9 Å². The molecule has 2 aromatic carbocycles. The molecule has 4 heteroatoms. The van der Waals surface area contributed by atoms with Gasteiger partial charge in [-0.25, -0.2) is 0 Å². The second kappa shape index (κ2) is 5.19. The van der Waals surface area contributed by atoms with Crippen LogP contribution < -0.4 is 16.8 Å². The van der Waals surface area contributed by atoms with E-state index in [1.165, 1.54) is 0 Å². The first-order valence-corrected chi connectivity index (χ1v) is 6.11. The molecule has 0 aliphatic rings. The van der Waals surface area contributed by atoms with Gasteiger partial charge in [0.15, 0.2) is 0 Å². The van der Waals surface area contributed by atoms with E-state index in [0.29, 0.717) is 11.4 Å². The molecule has 0 bridgehead atoms. The number of hydrogen-bond donors (Lipinski definition) is 3. The first-order chi connectivity index (χ1) is 8.56. The minimum absolute atomic E-state index is 0.147. The van der Waals surface area contributed by atoms with Crippen molar-refractivity contribution >= 4 is 28.7 Å². The number of hydrogen-bond acceptors (Lipinski definition) is 3. The van der Waals surface area contributed by atoms with Crippen molar-refractivity contribution < 1.29 is 0 Å². The van der Waals surface area contributed by atoms with E-state index in [1.807, 2.05) is 42.5 Å². The normalized spacial score (nSPS) is 12.1. The molecule has 0 radical (unpaired) electrons. The number of rotatable bonds is 3. The first-order valence-electron chi connectivity index (χ1n) is 5.73. The molecule has 5 N–H and O–H groups in total. The van der Waals surface area contributed by atoms with Crippen LogP contribution in [0.15, 0.2) is 42.5 Å². The van der Waals surface area contributed by atoms with Gasteiger partial charge >= 0.3 is 0 Å². The van der Waals surface area contributed by atoms with Crippen LogP contribution in [0.1, 0.15) is 18.5 Å². The molecular weight excluding hydrogens is 246 g/mol. The third-order valence-corrected chi connectivity index (χ3v) is 3.09. The summed E-state index contributed by atoms with van der Waals surface area (Å²) in [5.74, 6) is 0. The van der Waals surface area contributed by atoms with Crippen LogP contribution in [0.4, 0.5) is 17.1 Å². The SMILES string of the molecule is CC(Nc1ccc(Cl)cc1)c1ccc(N)c(N)c1. The van der Waals surface area contributed by atoms with Crippen LogP contribution in [0, 0.1) is 0 Å². The molecule has 0 heterocycles. The highest BCUT2D eigenvalue weighted by atomic mass is 35.5. The largest absolute Gasteiger partial charge is 0.397 e.